The second-order valence-electron chi connectivity index (χ2n) is 5.56. The number of methoxy groups -OCH3 is 1. The van der Waals surface area contributed by atoms with Gasteiger partial charge in [0, 0.05) is 0 Å². The first kappa shape index (κ1) is 17.0. The molecule has 0 aliphatic rings. The molecule has 1 N–H and O–H groups in total. The lowest BCUT2D eigenvalue weighted by atomic mass is 10.2. The van der Waals surface area contributed by atoms with Crippen molar-refractivity contribution in [3.8, 4) is 22.9 Å². The van der Waals surface area contributed by atoms with Crippen LogP contribution in [0, 0.1) is 13.8 Å². The lowest BCUT2D eigenvalue weighted by molar-refractivity contribution is 0.263. The van der Waals surface area contributed by atoms with E-state index in [1.807, 2.05) is 44.2 Å². The van der Waals surface area contributed by atoms with E-state index < -0.39 is 0 Å². The highest BCUT2D eigenvalue weighted by molar-refractivity contribution is 5.58. The molecule has 2 heterocycles. The van der Waals surface area contributed by atoms with Gasteiger partial charge in [0.2, 0.25) is 0 Å². The highest BCUT2D eigenvalue weighted by Gasteiger charge is 2.17. The highest BCUT2D eigenvalue weighted by Crippen LogP contribution is 2.28. The fourth-order valence-corrected chi connectivity index (χ4v) is 2.63. The summed E-state index contributed by atoms with van der Waals surface area (Å²) < 4.78 is 18.3. The average Bonchev–Trinajstić information content (AvgIpc) is 3.15. The number of hydrogen-bond donors (Lipinski definition) is 1. The first-order chi connectivity index (χ1) is 12.1. The Morgan fingerprint density at radius 1 is 1.20 bits per heavy atom. The maximum absolute atomic E-state index is 9.29. The molecule has 7 heteroatoms. The van der Waals surface area contributed by atoms with E-state index >= 15 is 0 Å². The van der Waals surface area contributed by atoms with Gasteiger partial charge >= 0.3 is 0 Å². The van der Waals surface area contributed by atoms with Crippen molar-refractivity contribution in [2.75, 3.05) is 13.7 Å². The predicted octanol–water partition coefficient (Wildman–Crippen LogP) is 2.73. The topological polar surface area (TPSA) is 82.5 Å². The standard InChI is InChI=1S/C18H21N3O4/c1-12-10-14(13(2)25-12)18-19-17(20-21(18)8-9-22)11-24-16-7-5-4-6-15(16)23-3/h4-7,10,22H,8-9,11H2,1-3H3. The minimum absolute atomic E-state index is 0.0287. The summed E-state index contributed by atoms with van der Waals surface area (Å²) in [4.78, 5) is 4.56. The number of aliphatic hydroxyl groups is 1. The molecule has 0 fully saturated rings. The molecule has 3 aromatic rings. The highest BCUT2D eigenvalue weighted by atomic mass is 16.5. The van der Waals surface area contributed by atoms with Crippen LogP contribution in [0.4, 0.5) is 0 Å². The van der Waals surface area contributed by atoms with Gasteiger partial charge in [0.15, 0.2) is 23.1 Å². The summed E-state index contributed by atoms with van der Waals surface area (Å²) in [5.74, 6) is 4.02. The third-order valence-corrected chi connectivity index (χ3v) is 3.74. The maximum atomic E-state index is 9.29. The van der Waals surface area contributed by atoms with Crippen molar-refractivity contribution < 1.29 is 19.0 Å². The summed E-state index contributed by atoms with van der Waals surface area (Å²) in [6, 6.07) is 9.32. The summed E-state index contributed by atoms with van der Waals surface area (Å²) in [6.45, 7) is 4.28. The number of aromatic nitrogens is 3. The normalized spacial score (nSPS) is 10.9. The maximum Gasteiger partial charge on any atom is 0.188 e. The van der Waals surface area contributed by atoms with Crippen LogP contribution in [0.15, 0.2) is 34.7 Å². The van der Waals surface area contributed by atoms with Gasteiger partial charge in [-0.1, -0.05) is 12.1 Å². The molecule has 0 bridgehead atoms. The molecule has 132 valence electrons. The Balaban J connectivity index is 1.85. The van der Waals surface area contributed by atoms with E-state index in [-0.39, 0.29) is 13.2 Å². The fourth-order valence-electron chi connectivity index (χ4n) is 2.63. The van der Waals surface area contributed by atoms with E-state index in [1.165, 1.54) is 0 Å². The summed E-state index contributed by atoms with van der Waals surface area (Å²) in [6.07, 6.45) is 0. The van der Waals surface area contributed by atoms with E-state index in [0.717, 1.165) is 17.1 Å². The van der Waals surface area contributed by atoms with Gasteiger partial charge in [0.25, 0.3) is 0 Å². The largest absolute Gasteiger partial charge is 0.493 e. The summed E-state index contributed by atoms with van der Waals surface area (Å²) >= 11 is 0. The quantitative estimate of drug-likeness (QED) is 0.710. The van der Waals surface area contributed by atoms with E-state index in [9.17, 15) is 5.11 Å². The molecule has 25 heavy (non-hydrogen) atoms. The summed E-state index contributed by atoms with van der Waals surface area (Å²) in [7, 11) is 1.60. The number of aryl methyl sites for hydroxylation is 2. The Hall–Kier alpha value is -2.80. The van der Waals surface area contributed by atoms with Crippen LogP contribution in [-0.4, -0.2) is 33.6 Å². The molecule has 7 nitrogen and oxygen atoms in total. The van der Waals surface area contributed by atoms with Crippen LogP contribution in [0.25, 0.3) is 11.4 Å². The van der Waals surface area contributed by atoms with Crippen LogP contribution in [0.5, 0.6) is 11.5 Å². The monoisotopic (exact) mass is 343 g/mol. The minimum Gasteiger partial charge on any atom is -0.493 e. The van der Waals surface area contributed by atoms with Crippen LogP contribution >= 0.6 is 0 Å². The van der Waals surface area contributed by atoms with Gasteiger partial charge in [-0.25, -0.2) is 9.67 Å². The second kappa shape index (κ2) is 7.40. The lowest BCUT2D eigenvalue weighted by Crippen LogP contribution is -2.07. The van der Waals surface area contributed by atoms with Crippen molar-refractivity contribution in [1.82, 2.24) is 14.8 Å². The molecule has 0 saturated heterocycles. The van der Waals surface area contributed by atoms with Gasteiger partial charge in [-0.2, -0.15) is 5.10 Å². The fraction of sp³-hybridized carbons (Fsp3) is 0.333. The smallest absolute Gasteiger partial charge is 0.188 e. The molecule has 0 radical (unpaired) electrons. The van der Waals surface area contributed by atoms with E-state index in [2.05, 4.69) is 10.1 Å². The first-order valence-electron chi connectivity index (χ1n) is 8.00. The van der Waals surface area contributed by atoms with Gasteiger partial charge in [-0.3, -0.25) is 0 Å². The number of hydrogen-bond acceptors (Lipinski definition) is 6. The molecule has 1 aromatic carbocycles. The Morgan fingerprint density at radius 2 is 1.96 bits per heavy atom. The van der Waals surface area contributed by atoms with Crippen molar-refractivity contribution in [2.24, 2.45) is 0 Å². The van der Waals surface area contributed by atoms with Crippen LogP contribution in [0.1, 0.15) is 17.3 Å². The number of benzene rings is 1. The first-order valence-corrected chi connectivity index (χ1v) is 8.00. The molecule has 0 unspecified atom stereocenters. The zero-order chi connectivity index (χ0) is 17.8. The van der Waals surface area contributed by atoms with Crippen molar-refractivity contribution >= 4 is 0 Å². The molecule has 3 rings (SSSR count). The number of nitrogens with zero attached hydrogens (tertiary/aromatic N) is 3. The molecule has 0 spiro atoms. The Kier molecular flexibility index (Phi) is 5.04. The molecule has 0 atom stereocenters. The van der Waals surface area contributed by atoms with Crippen LogP contribution < -0.4 is 9.47 Å². The molecule has 0 aliphatic carbocycles. The van der Waals surface area contributed by atoms with Crippen LogP contribution in [0.3, 0.4) is 0 Å². The number of ether oxygens (including phenoxy) is 2. The molecular formula is C18H21N3O4. The van der Waals surface area contributed by atoms with E-state index in [4.69, 9.17) is 13.9 Å². The van der Waals surface area contributed by atoms with Crippen molar-refractivity contribution in [1.29, 1.82) is 0 Å². The third kappa shape index (κ3) is 3.66. The van der Waals surface area contributed by atoms with Gasteiger partial charge in [0.1, 0.15) is 18.1 Å². The number of furan rings is 1. The zero-order valence-corrected chi connectivity index (χ0v) is 14.5. The number of para-hydroxylation sites is 2. The van der Waals surface area contributed by atoms with Crippen molar-refractivity contribution in [3.05, 3.63) is 47.7 Å². The molecule has 2 aromatic heterocycles. The van der Waals surface area contributed by atoms with Gasteiger partial charge < -0.3 is 19.0 Å². The Labute approximate surface area is 145 Å². The zero-order valence-electron chi connectivity index (χ0n) is 14.5. The van der Waals surface area contributed by atoms with E-state index in [0.29, 0.717) is 29.7 Å². The summed E-state index contributed by atoms with van der Waals surface area (Å²) in [5, 5.41) is 13.7. The Morgan fingerprint density at radius 3 is 2.60 bits per heavy atom. The molecular weight excluding hydrogens is 322 g/mol. The molecule has 0 aliphatic heterocycles. The predicted molar refractivity (Wildman–Crippen MR) is 91.6 cm³/mol. The SMILES string of the molecule is COc1ccccc1OCc1nc(-c2cc(C)oc2C)n(CCO)n1. The molecule has 0 saturated carbocycles. The second-order valence-corrected chi connectivity index (χ2v) is 5.56. The minimum atomic E-state index is -0.0287. The van der Waals surface area contributed by atoms with Gasteiger partial charge in [-0.05, 0) is 32.0 Å². The lowest BCUT2D eigenvalue weighted by Gasteiger charge is -2.08. The Bertz CT molecular complexity index is 854. The van der Waals surface area contributed by atoms with E-state index in [1.54, 1.807) is 11.8 Å². The van der Waals surface area contributed by atoms with Crippen LogP contribution in [-0.2, 0) is 13.2 Å². The molecule has 0 amide bonds. The van der Waals surface area contributed by atoms with Gasteiger partial charge in [-0.15, -0.1) is 0 Å². The summed E-state index contributed by atoms with van der Waals surface area (Å²) in [5.41, 5.74) is 0.863. The average molecular weight is 343 g/mol. The van der Waals surface area contributed by atoms with Crippen molar-refractivity contribution in [3.63, 3.8) is 0 Å². The van der Waals surface area contributed by atoms with Gasteiger partial charge in [0.05, 0.1) is 25.8 Å². The van der Waals surface area contributed by atoms with Crippen molar-refractivity contribution in [2.45, 2.75) is 27.0 Å². The number of aliphatic hydroxyl groups excluding tert-OH is 1. The third-order valence-electron chi connectivity index (χ3n) is 3.74. The van der Waals surface area contributed by atoms with Crippen LogP contribution in [0.2, 0.25) is 0 Å². The number of rotatable bonds is 7.